The Hall–Kier alpha value is -2.30. The molecule has 0 bridgehead atoms. The second-order valence-electron chi connectivity index (χ2n) is 6.19. The third kappa shape index (κ3) is 4.08. The predicted molar refractivity (Wildman–Crippen MR) is 82.8 cm³/mol. The Morgan fingerprint density at radius 2 is 2.05 bits per heavy atom. The van der Waals surface area contributed by atoms with Crippen LogP contribution in [-0.2, 0) is 0 Å². The highest BCUT2D eigenvalue weighted by molar-refractivity contribution is 5.92. The molecule has 3 N–H and O–H groups in total. The van der Waals surface area contributed by atoms with Crippen molar-refractivity contribution in [3.05, 3.63) is 36.2 Å². The molecule has 112 valence electrons. The third-order valence-electron chi connectivity index (χ3n) is 3.09. The molecule has 0 aliphatic rings. The van der Waals surface area contributed by atoms with Crippen molar-refractivity contribution in [3.8, 4) is 11.5 Å². The molecule has 0 spiro atoms. The molecule has 1 amide bonds. The summed E-state index contributed by atoms with van der Waals surface area (Å²) in [6.45, 7) is 7.00. The molecule has 0 saturated heterocycles. The second kappa shape index (κ2) is 5.99. The zero-order valence-electron chi connectivity index (χ0n) is 12.6. The fraction of sp³-hybridized carbons (Fsp3) is 0.375. The van der Waals surface area contributed by atoms with E-state index in [1.165, 1.54) is 6.26 Å². The first-order valence-corrected chi connectivity index (χ1v) is 6.95. The highest BCUT2D eigenvalue weighted by atomic mass is 16.3. The van der Waals surface area contributed by atoms with Crippen LogP contribution in [0, 0.1) is 5.41 Å². The van der Waals surface area contributed by atoms with Crippen LogP contribution < -0.4 is 11.1 Å². The first kappa shape index (κ1) is 15.1. The van der Waals surface area contributed by atoms with Crippen molar-refractivity contribution in [1.29, 1.82) is 0 Å². The molecule has 2 aromatic rings. The summed E-state index contributed by atoms with van der Waals surface area (Å²) in [5.74, 6) is 0.123. The zero-order valence-corrected chi connectivity index (χ0v) is 12.6. The van der Waals surface area contributed by atoms with Crippen LogP contribution in [0.5, 0.6) is 0 Å². The molecule has 2 rings (SSSR count). The Morgan fingerprint density at radius 1 is 1.33 bits per heavy atom. The summed E-state index contributed by atoms with van der Waals surface area (Å²) in [6, 6.07) is 7.26. The number of nitrogens with zero attached hydrogens (tertiary/aromatic N) is 1. The minimum atomic E-state index is -0.233. The number of nitrogens with two attached hydrogens (primary N) is 1. The van der Waals surface area contributed by atoms with E-state index in [1.54, 1.807) is 6.07 Å². The molecular weight excluding hydrogens is 266 g/mol. The van der Waals surface area contributed by atoms with E-state index >= 15 is 0 Å². The molecule has 0 radical (unpaired) electrons. The van der Waals surface area contributed by atoms with Crippen molar-refractivity contribution in [2.75, 3.05) is 12.3 Å². The maximum atomic E-state index is 12.0. The van der Waals surface area contributed by atoms with Crippen molar-refractivity contribution in [2.24, 2.45) is 5.41 Å². The molecule has 0 fully saturated rings. The van der Waals surface area contributed by atoms with Gasteiger partial charge >= 0.3 is 0 Å². The Morgan fingerprint density at radius 3 is 2.71 bits per heavy atom. The minimum absolute atomic E-state index is 0.181. The van der Waals surface area contributed by atoms with Crippen LogP contribution in [0.1, 0.15) is 37.7 Å². The standard InChI is InChI=1S/C16H21N3O2/c1-16(2,3)8-9-18-14(20)13-10-21-15(19-13)11-6-4-5-7-12(11)17/h4-7,10H,8-9,17H2,1-3H3,(H,18,20). The third-order valence-corrected chi connectivity index (χ3v) is 3.09. The Bertz CT molecular complexity index is 626. The van der Waals surface area contributed by atoms with Crippen LogP contribution in [0.4, 0.5) is 5.69 Å². The van der Waals surface area contributed by atoms with Gasteiger partial charge in [-0.15, -0.1) is 0 Å². The topological polar surface area (TPSA) is 81.2 Å². The van der Waals surface area contributed by atoms with E-state index in [0.717, 1.165) is 6.42 Å². The molecule has 21 heavy (non-hydrogen) atoms. The highest BCUT2D eigenvalue weighted by Gasteiger charge is 2.16. The van der Waals surface area contributed by atoms with Gasteiger partial charge in [0, 0.05) is 12.2 Å². The van der Waals surface area contributed by atoms with Gasteiger partial charge in [-0.2, -0.15) is 0 Å². The number of nitrogens with one attached hydrogen (secondary N) is 1. The normalized spacial score (nSPS) is 11.4. The van der Waals surface area contributed by atoms with Crippen molar-refractivity contribution in [1.82, 2.24) is 10.3 Å². The number of oxazole rings is 1. The monoisotopic (exact) mass is 287 g/mol. The average molecular weight is 287 g/mol. The molecule has 1 aromatic carbocycles. The van der Waals surface area contributed by atoms with Crippen molar-refractivity contribution in [3.63, 3.8) is 0 Å². The minimum Gasteiger partial charge on any atom is -0.444 e. The van der Waals surface area contributed by atoms with Gasteiger partial charge in [0.2, 0.25) is 5.89 Å². The second-order valence-corrected chi connectivity index (χ2v) is 6.19. The van der Waals surface area contributed by atoms with Crippen LogP contribution in [0.2, 0.25) is 0 Å². The van der Waals surface area contributed by atoms with E-state index in [4.69, 9.17) is 10.2 Å². The smallest absolute Gasteiger partial charge is 0.273 e. The molecule has 0 atom stereocenters. The maximum absolute atomic E-state index is 12.0. The summed E-state index contributed by atoms with van der Waals surface area (Å²) >= 11 is 0. The Labute approximate surface area is 124 Å². The van der Waals surface area contributed by atoms with Gasteiger partial charge in [-0.3, -0.25) is 4.79 Å². The summed E-state index contributed by atoms with van der Waals surface area (Å²) in [6.07, 6.45) is 2.25. The SMILES string of the molecule is CC(C)(C)CCNC(=O)c1coc(-c2ccccc2N)n1. The number of aromatic nitrogens is 1. The van der Waals surface area contributed by atoms with Crippen LogP contribution in [0.25, 0.3) is 11.5 Å². The number of amides is 1. The number of nitrogen functional groups attached to an aromatic ring is 1. The fourth-order valence-electron chi connectivity index (χ4n) is 1.84. The number of benzene rings is 1. The molecule has 0 unspecified atom stereocenters. The van der Waals surface area contributed by atoms with Gasteiger partial charge in [0.25, 0.3) is 5.91 Å². The Balaban J connectivity index is 2.03. The van der Waals surface area contributed by atoms with Crippen LogP contribution in [-0.4, -0.2) is 17.4 Å². The van der Waals surface area contributed by atoms with Gasteiger partial charge in [-0.1, -0.05) is 32.9 Å². The summed E-state index contributed by atoms with van der Waals surface area (Å²) in [5.41, 5.74) is 7.57. The quantitative estimate of drug-likeness (QED) is 0.847. The van der Waals surface area contributed by atoms with Crippen molar-refractivity contribution in [2.45, 2.75) is 27.2 Å². The Kier molecular flexibility index (Phi) is 4.31. The largest absolute Gasteiger partial charge is 0.444 e. The van der Waals surface area contributed by atoms with Gasteiger partial charge < -0.3 is 15.5 Å². The van der Waals surface area contributed by atoms with Crippen LogP contribution in [0.15, 0.2) is 34.9 Å². The average Bonchev–Trinajstić information content (AvgIpc) is 2.87. The molecular formula is C16H21N3O2. The van der Waals surface area contributed by atoms with E-state index < -0.39 is 0 Å². The number of hydrogen-bond acceptors (Lipinski definition) is 4. The number of para-hydroxylation sites is 1. The number of hydrogen-bond donors (Lipinski definition) is 2. The first-order chi connectivity index (χ1) is 9.87. The van der Waals surface area contributed by atoms with Gasteiger partial charge in [0.1, 0.15) is 6.26 Å². The van der Waals surface area contributed by atoms with E-state index in [-0.39, 0.29) is 17.0 Å². The van der Waals surface area contributed by atoms with E-state index in [1.807, 2.05) is 18.2 Å². The lowest BCUT2D eigenvalue weighted by Crippen LogP contribution is -2.27. The van der Waals surface area contributed by atoms with Crippen LogP contribution >= 0.6 is 0 Å². The summed E-state index contributed by atoms with van der Waals surface area (Å²) in [7, 11) is 0. The van der Waals surface area contributed by atoms with Crippen molar-refractivity contribution < 1.29 is 9.21 Å². The summed E-state index contributed by atoms with van der Waals surface area (Å²) in [4.78, 5) is 16.2. The number of rotatable bonds is 4. The van der Waals surface area contributed by atoms with Gasteiger partial charge in [-0.05, 0) is 24.0 Å². The number of anilines is 1. The van der Waals surface area contributed by atoms with E-state index in [2.05, 4.69) is 31.1 Å². The highest BCUT2D eigenvalue weighted by Crippen LogP contribution is 2.24. The maximum Gasteiger partial charge on any atom is 0.273 e. The molecule has 0 aliphatic carbocycles. The lowest BCUT2D eigenvalue weighted by molar-refractivity contribution is 0.0944. The van der Waals surface area contributed by atoms with E-state index in [9.17, 15) is 4.79 Å². The van der Waals surface area contributed by atoms with Crippen molar-refractivity contribution >= 4 is 11.6 Å². The zero-order chi connectivity index (χ0) is 15.5. The summed E-state index contributed by atoms with van der Waals surface area (Å²) in [5, 5.41) is 2.84. The predicted octanol–water partition coefficient (Wildman–Crippen LogP) is 3.09. The lowest BCUT2D eigenvalue weighted by atomic mass is 9.92. The molecule has 0 saturated carbocycles. The fourth-order valence-corrected chi connectivity index (χ4v) is 1.84. The molecule has 1 heterocycles. The lowest BCUT2D eigenvalue weighted by Gasteiger charge is -2.17. The summed E-state index contributed by atoms with van der Waals surface area (Å²) < 4.78 is 5.35. The molecule has 5 heteroatoms. The van der Waals surface area contributed by atoms with Gasteiger partial charge in [-0.25, -0.2) is 4.98 Å². The van der Waals surface area contributed by atoms with Crippen LogP contribution in [0.3, 0.4) is 0 Å². The molecule has 5 nitrogen and oxygen atoms in total. The number of carbonyl (C=O) groups excluding carboxylic acids is 1. The van der Waals surface area contributed by atoms with E-state index in [0.29, 0.717) is 23.7 Å². The molecule has 1 aromatic heterocycles. The number of carbonyl (C=O) groups is 1. The molecule has 0 aliphatic heterocycles. The van der Waals surface area contributed by atoms with Gasteiger partial charge in [0.15, 0.2) is 5.69 Å². The first-order valence-electron chi connectivity index (χ1n) is 6.95. The van der Waals surface area contributed by atoms with Gasteiger partial charge in [0.05, 0.1) is 5.56 Å².